The normalized spacial score (nSPS) is 17.1. The van der Waals surface area contributed by atoms with Gasteiger partial charge in [-0.3, -0.25) is 14.6 Å². The number of benzene rings is 2. The van der Waals surface area contributed by atoms with Crippen molar-refractivity contribution in [2.45, 2.75) is 32.5 Å². The summed E-state index contributed by atoms with van der Waals surface area (Å²) in [6.07, 6.45) is 0.916. The molecule has 2 aromatic carbocycles. The molecule has 1 aliphatic rings. The van der Waals surface area contributed by atoms with Crippen LogP contribution in [-0.4, -0.2) is 47.9 Å². The largest absolute Gasteiger partial charge is 0.351 e. The van der Waals surface area contributed by atoms with Crippen molar-refractivity contribution in [3.8, 4) is 0 Å². The molecule has 0 radical (unpaired) electrons. The second-order valence-electron chi connectivity index (χ2n) is 7.24. The highest BCUT2D eigenvalue weighted by Gasteiger charge is 2.24. The third-order valence-electron chi connectivity index (χ3n) is 5.31. The lowest BCUT2D eigenvalue weighted by Crippen LogP contribution is -2.46. The van der Waals surface area contributed by atoms with Crippen molar-refractivity contribution in [1.29, 1.82) is 0 Å². The Balaban J connectivity index is 1.50. The van der Waals surface area contributed by atoms with E-state index >= 15 is 0 Å². The molecule has 2 aromatic rings. The predicted octanol–water partition coefficient (Wildman–Crippen LogP) is 3.18. The predicted molar refractivity (Wildman–Crippen MR) is 106 cm³/mol. The molecule has 1 fully saturated rings. The number of carbonyl (C=O) groups excluding carboxylic acids is 1. The minimum Gasteiger partial charge on any atom is -0.351 e. The zero-order valence-corrected chi connectivity index (χ0v) is 16.2. The summed E-state index contributed by atoms with van der Waals surface area (Å²) in [5.74, 6) is -0.593. The van der Waals surface area contributed by atoms with Gasteiger partial charge in [0.1, 0.15) is 11.6 Å². The van der Waals surface area contributed by atoms with Gasteiger partial charge < -0.3 is 5.32 Å². The fourth-order valence-corrected chi connectivity index (χ4v) is 3.54. The Hall–Kier alpha value is -2.31. The van der Waals surface area contributed by atoms with Crippen molar-refractivity contribution in [1.82, 2.24) is 15.1 Å². The minimum absolute atomic E-state index is 0.106. The second-order valence-corrected chi connectivity index (χ2v) is 7.24. The van der Waals surface area contributed by atoms with E-state index in [4.69, 9.17) is 0 Å². The summed E-state index contributed by atoms with van der Waals surface area (Å²) in [6, 6.07) is 13.0. The van der Waals surface area contributed by atoms with Crippen LogP contribution in [0, 0.1) is 11.6 Å². The molecule has 1 atom stereocenters. The molecule has 3 rings (SSSR count). The third-order valence-corrected chi connectivity index (χ3v) is 5.31. The van der Waals surface area contributed by atoms with Gasteiger partial charge in [-0.1, -0.05) is 36.4 Å². The number of nitrogens with one attached hydrogen (secondary N) is 1. The summed E-state index contributed by atoms with van der Waals surface area (Å²) in [4.78, 5) is 16.9. The molecular formula is C22H27F2N3O. The van der Waals surface area contributed by atoms with Gasteiger partial charge in [-0.05, 0) is 32.0 Å². The molecular weight excluding hydrogens is 360 g/mol. The summed E-state index contributed by atoms with van der Waals surface area (Å²) >= 11 is 0. The van der Waals surface area contributed by atoms with E-state index in [1.807, 2.05) is 19.1 Å². The van der Waals surface area contributed by atoms with Crippen molar-refractivity contribution in [3.63, 3.8) is 0 Å². The molecule has 0 saturated carbocycles. The third kappa shape index (κ3) is 5.36. The summed E-state index contributed by atoms with van der Waals surface area (Å²) in [5.41, 5.74) is 1.18. The van der Waals surface area contributed by atoms with E-state index in [1.54, 1.807) is 24.3 Å². The van der Waals surface area contributed by atoms with Gasteiger partial charge >= 0.3 is 0 Å². The van der Waals surface area contributed by atoms with Gasteiger partial charge in [0, 0.05) is 43.9 Å². The molecule has 150 valence electrons. The van der Waals surface area contributed by atoms with E-state index in [9.17, 15) is 13.6 Å². The highest BCUT2D eigenvalue weighted by Crippen LogP contribution is 2.14. The van der Waals surface area contributed by atoms with Crippen LogP contribution in [0.1, 0.15) is 24.5 Å². The molecule has 28 heavy (non-hydrogen) atoms. The minimum atomic E-state index is -0.311. The lowest BCUT2D eigenvalue weighted by Gasteiger charge is -2.27. The number of carbonyl (C=O) groups is 1. The lowest BCUT2D eigenvalue weighted by atomic mass is 10.2. The molecule has 1 aliphatic heterocycles. The van der Waals surface area contributed by atoms with Gasteiger partial charge in [-0.25, -0.2) is 8.78 Å². The van der Waals surface area contributed by atoms with E-state index < -0.39 is 0 Å². The van der Waals surface area contributed by atoms with Crippen molar-refractivity contribution in [3.05, 3.63) is 71.3 Å². The Morgan fingerprint density at radius 1 is 0.964 bits per heavy atom. The molecule has 0 unspecified atom stereocenters. The van der Waals surface area contributed by atoms with Crippen LogP contribution in [-0.2, 0) is 17.9 Å². The van der Waals surface area contributed by atoms with Crippen molar-refractivity contribution >= 4 is 5.91 Å². The van der Waals surface area contributed by atoms with Crippen molar-refractivity contribution < 1.29 is 13.6 Å². The van der Waals surface area contributed by atoms with Gasteiger partial charge in [-0.15, -0.1) is 0 Å². The average Bonchev–Trinajstić information content (AvgIpc) is 2.94. The first-order valence-electron chi connectivity index (χ1n) is 9.75. The molecule has 0 bridgehead atoms. The number of rotatable bonds is 6. The van der Waals surface area contributed by atoms with E-state index in [1.165, 1.54) is 12.1 Å². The fraction of sp³-hybridized carbons (Fsp3) is 0.409. The Kier molecular flexibility index (Phi) is 7.12. The summed E-state index contributed by atoms with van der Waals surface area (Å²) < 4.78 is 27.6. The molecule has 6 heteroatoms. The van der Waals surface area contributed by atoms with Gasteiger partial charge in [0.2, 0.25) is 5.91 Å². The SMILES string of the molecule is C[C@H](C(=O)NCc1ccccc1F)N1CCCN(Cc2ccccc2F)CC1. The molecule has 1 saturated heterocycles. The van der Waals surface area contributed by atoms with Crippen molar-refractivity contribution in [2.75, 3.05) is 26.2 Å². The van der Waals surface area contributed by atoms with Crippen LogP contribution >= 0.6 is 0 Å². The molecule has 0 aromatic heterocycles. The topological polar surface area (TPSA) is 35.6 Å². The summed E-state index contributed by atoms with van der Waals surface area (Å²) in [7, 11) is 0. The highest BCUT2D eigenvalue weighted by molar-refractivity contribution is 5.81. The van der Waals surface area contributed by atoms with Crippen LogP contribution in [0.2, 0.25) is 0 Å². The molecule has 1 amide bonds. The Bertz CT molecular complexity index is 799. The number of amides is 1. The second kappa shape index (κ2) is 9.75. The van der Waals surface area contributed by atoms with Crippen LogP contribution in [0.15, 0.2) is 48.5 Å². The Morgan fingerprint density at radius 2 is 1.61 bits per heavy atom. The first-order valence-corrected chi connectivity index (χ1v) is 9.75. The Morgan fingerprint density at radius 3 is 2.29 bits per heavy atom. The zero-order valence-electron chi connectivity index (χ0n) is 16.2. The zero-order chi connectivity index (χ0) is 19.9. The first-order chi connectivity index (χ1) is 13.5. The maximum absolute atomic E-state index is 13.9. The lowest BCUT2D eigenvalue weighted by molar-refractivity contribution is -0.126. The first kappa shape index (κ1) is 20.4. The van der Waals surface area contributed by atoms with Gasteiger partial charge in [-0.2, -0.15) is 0 Å². The van der Waals surface area contributed by atoms with Crippen LogP contribution in [0.25, 0.3) is 0 Å². The molecule has 4 nitrogen and oxygen atoms in total. The van der Waals surface area contributed by atoms with E-state index in [2.05, 4.69) is 15.1 Å². The van der Waals surface area contributed by atoms with E-state index in [-0.39, 0.29) is 30.1 Å². The molecule has 0 spiro atoms. The maximum Gasteiger partial charge on any atom is 0.237 e. The fourth-order valence-electron chi connectivity index (χ4n) is 3.54. The van der Waals surface area contributed by atoms with Crippen molar-refractivity contribution in [2.24, 2.45) is 0 Å². The maximum atomic E-state index is 13.9. The number of hydrogen-bond acceptors (Lipinski definition) is 3. The molecule has 1 N–H and O–H groups in total. The van der Waals surface area contributed by atoms with E-state index in [0.717, 1.165) is 32.6 Å². The van der Waals surface area contributed by atoms with Crippen LogP contribution in [0.5, 0.6) is 0 Å². The van der Waals surface area contributed by atoms with Crippen LogP contribution < -0.4 is 5.32 Å². The van der Waals surface area contributed by atoms with Gasteiger partial charge in [0.25, 0.3) is 0 Å². The van der Waals surface area contributed by atoms with E-state index in [0.29, 0.717) is 17.7 Å². The quantitative estimate of drug-likeness (QED) is 0.827. The van der Waals surface area contributed by atoms with Gasteiger partial charge in [0.15, 0.2) is 0 Å². The van der Waals surface area contributed by atoms with Crippen LogP contribution in [0.4, 0.5) is 8.78 Å². The highest BCUT2D eigenvalue weighted by atomic mass is 19.1. The smallest absolute Gasteiger partial charge is 0.237 e. The monoisotopic (exact) mass is 387 g/mol. The number of hydrogen-bond donors (Lipinski definition) is 1. The average molecular weight is 387 g/mol. The van der Waals surface area contributed by atoms with Crippen LogP contribution in [0.3, 0.4) is 0 Å². The Labute approximate surface area is 165 Å². The summed E-state index contributed by atoms with van der Waals surface area (Å²) in [6.45, 7) is 5.83. The molecule has 1 heterocycles. The molecule has 0 aliphatic carbocycles. The summed E-state index contributed by atoms with van der Waals surface area (Å²) in [5, 5.41) is 2.83. The van der Waals surface area contributed by atoms with Gasteiger partial charge in [0.05, 0.1) is 6.04 Å². The number of nitrogens with zero attached hydrogens (tertiary/aromatic N) is 2. The standard InChI is InChI=1S/C22H27F2N3O/c1-17(22(28)25-15-18-7-2-4-9-20(18)23)27-12-6-11-26(13-14-27)16-19-8-3-5-10-21(19)24/h2-5,7-10,17H,6,11-16H2,1H3,(H,25,28)/t17-/m1/s1. The number of halogens is 2.